The summed E-state index contributed by atoms with van der Waals surface area (Å²) in [5.41, 5.74) is 0.353. The maximum absolute atomic E-state index is 12.1. The molecule has 0 saturated carbocycles. The fraction of sp³-hybridized carbons (Fsp3) is 0.462. The Labute approximate surface area is 117 Å². The molecule has 0 aliphatic rings. The van der Waals surface area contributed by atoms with Gasteiger partial charge < -0.3 is 10.0 Å². The van der Waals surface area contributed by atoms with Gasteiger partial charge in [-0.25, -0.2) is 0 Å². The molecule has 0 aliphatic carbocycles. The van der Waals surface area contributed by atoms with Crippen LogP contribution in [0.2, 0.25) is 0 Å². The smallest absolute Gasteiger partial charge is 0.316 e. The molecule has 1 unspecified atom stereocenters. The van der Waals surface area contributed by atoms with Gasteiger partial charge in [0.05, 0.1) is 0 Å². The van der Waals surface area contributed by atoms with Crippen molar-refractivity contribution in [3.63, 3.8) is 0 Å². The highest BCUT2D eigenvalue weighted by Crippen LogP contribution is 2.23. The number of thioether (sulfide) groups is 1. The minimum atomic E-state index is -0.876. The van der Waals surface area contributed by atoms with Crippen LogP contribution in [0, 0.1) is 0 Å². The van der Waals surface area contributed by atoms with Crippen molar-refractivity contribution in [3.05, 3.63) is 24.0 Å². The highest BCUT2D eigenvalue weighted by Gasteiger charge is 2.16. The number of rotatable bonds is 6. The third-order valence-corrected chi connectivity index (χ3v) is 3.74. The Balaban J connectivity index is 2.88. The third-order valence-electron chi connectivity index (χ3n) is 2.66. The predicted molar refractivity (Wildman–Crippen MR) is 74.4 cm³/mol. The monoisotopic (exact) mass is 282 g/mol. The van der Waals surface area contributed by atoms with Crippen LogP contribution in [0.4, 0.5) is 0 Å². The van der Waals surface area contributed by atoms with E-state index in [4.69, 9.17) is 5.11 Å². The molecule has 0 fully saturated rings. The van der Waals surface area contributed by atoms with Crippen LogP contribution < -0.4 is 0 Å². The quantitative estimate of drug-likeness (QED) is 0.809. The number of hydrogen-bond acceptors (Lipinski definition) is 4. The van der Waals surface area contributed by atoms with Crippen molar-refractivity contribution < 1.29 is 14.7 Å². The first-order chi connectivity index (χ1) is 8.99. The van der Waals surface area contributed by atoms with Gasteiger partial charge in [0.1, 0.15) is 10.9 Å². The summed E-state index contributed by atoms with van der Waals surface area (Å²) in [7, 11) is 0. The minimum Gasteiger partial charge on any atom is -0.480 e. The lowest BCUT2D eigenvalue weighted by atomic mass is 10.3. The summed E-state index contributed by atoms with van der Waals surface area (Å²) in [5, 5.41) is 8.32. The molecule has 1 atom stereocenters. The van der Waals surface area contributed by atoms with Gasteiger partial charge in [-0.2, -0.15) is 0 Å². The fourth-order valence-electron chi connectivity index (χ4n) is 1.53. The van der Waals surface area contributed by atoms with E-state index in [-0.39, 0.29) is 5.91 Å². The number of aliphatic carboxylic acids is 1. The normalized spacial score (nSPS) is 11.9. The summed E-state index contributed by atoms with van der Waals surface area (Å²) in [6, 6.07) is 3.36. The van der Waals surface area contributed by atoms with Crippen LogP contribution in [-0.4, -0.2) is 45.2 Å². The van der Waals surface area contributed by atoms with E-state index < -0.39 is 11.2 Å². The Morgan fingerprint density at radius 3 is 2.58 bits per heavy atom. The average Bonchev–Trinajstić information content (AvgIpc) is 2.40. The lowest BCUT2D eigenvalue weighted by Gasteiger charge is -2.18. The van der Waals surface area contributed by atoms with E-state index in [0.29, 0.717) is 18.8 Å². The molecule has 0 spiro atoms. The molecule has 0 saturated heterocycles. The summed E-state index contributed by atoms with van der Waals surface area (Å²) < 4.78 is 0. The number of nitrogens with zero attached hydrogens (tertiary/aromatic N) is 2. The molecule has 1 aromatic rings. The number of aromatic nitrogens is 1. The SMILES string of the molecule is CCN(CC)C(=O)c1cc(SC(C)C(=O)O)ccn1. The molecule has 0 aromatic carbocycles. The Morgan fingerprint density at radius 2 is 2.05 bits per heavy atom. The summed E-state index contributed by atoms with van der Waals surface area (Å²) in [6.45, 7) is 6.68. The van der Waals surface area contributed by atoms with E-state index in [1.165, 1.54) is 18.0 Å². The maximum atomic E-state index is 12.1. The lowest BCUT2D eigenvalue weighted by Crippen LogP contribution is -2.31. The van der Waals surface area contributed by atoms with Gasteiger partial charge in [-0.3, -0.25) is 14.6 Å². The second-order valence-corrected chi connectivity index (χ2v) is 5.37. The number of carbonyl (C=O) groups excluding carboxylic acids is 1. The Morgan fingerprint density at radius 1 is 1.42 bits per heavy atom. The van der Waals surface area contributed by atoms with Crippen molar-refractivity contribution in [2.45, 2.75) is 30.9 Å². The van der Waals surface area contributed by atoms with Crippen molar-refractivity contribution >= 4 is 23.6 Å². The van der Waals surface area contributed by atoms with E-state index in [0.717, 1.165) is 4.90 Å². The second kappa shape index (κ2) is 7.13. The molecule has 0 radical (unpaired) electrons. The fourth-order valence-corrected chi connectivity index (χ4v) is 2.36. The van der Waals surface area contributed by atoms with Crippen LogP contribution in [0.5, 0.6) is 0 Å². The van der Waals surface area contributed by atoms with Gasteiger partial charge in [-0.1, -0.05) is 0 Å². The molecule has 1 amide bonds. The van der Waals surface area contributed by atoms with E-state index in [1.807, 2.05) is 13.8 Å². The van der Waals surface area contributed by atoms with Crippen molar-refractivity contribution in [2.75, 3.05) is 13.1 Å². The van der Waals surface area contributed by atoms with E-state index in [2.05, 4.69) is 4.98 Å². The summed E-state index contributed by atoms with van der Waals surface area (Å²) in [6.07, 6.45) is 1.54. The van der Waals surface area contributed by atoms with Gasteiger partial charge >= 0.3 is 5.97 Å². The molecule has 104 valence electrons. The number of carboxylic acids is 1. The van der Waals surface area contributed by atoms with Crippen LogP contribution >= 0.6 is 11.8 Å². The zero-order chi connectivity index (χ0) is 14.4. The third kappa shape index (κ3) is 4.24. The van der Waals surface area contributed by atoms with E-state index >= 15 is 0 Å². The molecule has 1 N–H and O–H groups in total. The van der Waals surface area contributed by atoms with Gasteiger partial charge in [0.25, 0.3) is 5.91 Å². The Hall–Kier alpha value is -1.56. The molecule has 1 heterocycles. The second-order valence-electron chi connectivity index (χ2n) is 3.95. The summed E-state index contributed by atoms with van der Waals surface area (Å²) in [5.74, 6) is -1.01. The zero-order valence-corrected chi connectivity index (χ0v) is 12.1. The van der Waals surface area contributed by atoms with Crippen molar-refractivity contribution in [2.24, 2.45) is 0 Å². The average molecular weight is 282 g/mol. The minimum absolute atomic E-state index is 0.129. The van der Waals surface area contributed by atoms with Crippen LogP contribution in [0.1, 0.15) is 31.3 Å². The van der Waals surface area contributed by atoms with E-state index in [9.17, 15) is 9.59 Å². The maximum Gasteiger partial charge on any atom is 0.316 e. The van der Waals surface area contributed by atoms with Crippen LogP contribution in [-0.2, 0) is 4.79 Å². The van der Waals surface area contributed by atoms with Crippen molar-refractivity contribution in [3.8, 4) is 0 Å². The van der Waals surface area contributed by atoms with E-state index in [1.54, 1.807) is 24.0 Å². The molecular weight excluding hydrogens is 264 g/mol. The molecule has 1 rings (SSSR count). The van der Waals surface area contributed by atoms with Gasteiger partial charge in [0.2, 0.25) is 0 Å². The predicted octanol–water partition coefficient (Wildman–Crippen LogP) is 2.13. The number of amides is 1. The molecule has 0 bridgehead atoms. The number of pyridine rings is 1. The highest BCUT2D eigenvalue weighted by atomic mass is 32.2. The van der Waals surface area contributed by atoms with Crippen LogP contribution in [0.3, 0.4) is 0 Å². The molecule has 1 aromatic heterocycles. The first kappa shape index (κ1) is 15.5. The van der Waals surface area contributed by atoms with Gasteiger partial charge in [0, 0.05) is 24.2 Å². The van der Waals surface area contributed by atoms with Gasteiger partial charge in [0.15, 0.2) is 0 Å². The highest BCUT2D eigenvalue weighted by molar-refractivity contribution is 8.00. The first-order valence-corrected chi connectivity index (χ1v) is 7.02. The molecule has 0 aliphatic heterocycles. The number of carboxylic acid groups (broad SMARTS) is 1. The Kier molecular flexibility index (Phi) is 5.82. The topological polar surface area (TPSA) is 70.5 Å². The van der Waals surface area contributed by atoms with Crippen molar-refractivity contribution in [1.82, 2.24) is 9.88 Å². The number of carbonyl (C=O) groups is 2. The molecule has 6 heteroatoms. The standard InChI is InChI=1S/C13H18N2O3S/c1-4-15(5-2)12(16)11-8-10(6-7-14-11)19-9(3)13(17)18/h6-9H,4-5H2,1-3H3,(H,17,18). The van der Waals surface area contributed by atoms with Crippen LogP contribution in [0.25, 0.3) is 0 Å². The van der Waals surface area contributed by atoms with Crippen LogP contribution in [0.15, 0.2) is 23.2 Å². The zero-order valence-electron chi connectivity index (χ0n) is 11.3. The van der Waals surface area contributed by atoms with Crippen molar-refractivity contribution in [1.29, 1.82) is 0 Å². The summed E-state index contributed by atoms with van der Waals surface area (Å²) >= 11 is 1.20. The van der Waals surface area contributed by atoms with Gasteiger partial charge in [-0.15, -0.1) is 11.8 Å². The van der Waals surface area contributed by atoms with Gasteiger partial charge in [-0.05, 0) is 32.9 Å². The Bertz CT molecular complexity index is 461. The molecule has 19 heavy (non-hydrogen) atoms. The number of hydrogen-bond donors (Lipinski definition) is 1. The summed E-state index contributed by atoms with van der Waals surface area (Å²) in [4.78, 5) is 29.4. The molecular formula is C13H18N2O3S. The molecule has 5 nitrogen and oxygen atoms in total. The first-order valence-electron chi connectivity index (χ1n) is 6.14. The lowest BCUT2D eigenvalue weighted by molar-refractivity contribution is -0.136. The largest absolute Gasteiger partial charge is 0.480 e.